The molecule has 1 aliphatic carbocycles. The third-order valence-electron chi connectivity index (χ3n) is 5.98. The van der Waals surface area contributed by atoms with Gasteiger partial charge in [-0.15, -0.1) is 0 Å². The molecule has 5 heteroatoms. The van der Waals surface area contributed by atoms with Gasteiger partial charge in [0.25, 0.3) is 0 Å². The Kier molecular flexibility index (Phi) is 7.72. The summed E-state index contributed by atoms with van der Waals surface area (Å²) in [4.78, 5) is 26.8. The highest BCUT2D eigenvalue weighted by Gasteiger charge is 2.29. The molecule has 0 saturated heterocycles. The minimum Gasteiger partial charge on any atom is -0.496 e. The molecule has 0 heterocycles. The van der Waals surface area contributed by atoms with Gasteiger partial charge in [0.15, 0.2) is 0 Å². The van der Waals surface area contributed by atoms with E-state index < -0.39 is 0 Å². The lowest BCUT2D eigenvalue weighted by Crippen LogP contribution is -2.38. The fraction of sp³-hybridized carbons (Fsp3) is 0.462. The first-order valence-electron chi connectivity index (χ1n) is 11.2. The molecule has 31 heavy (non-hydrogen) atoms. The van der Waals surface area contributed by atoms with Crippen molar-refractivity contribution in [2.45, 2.75) is 53.0 Å². The van der Waals surface area contributed by atoms with Crippen LogP contribution in [0.4, 0.5) is 0 Å². The van der Waals surface area contributed by atoms with Crippen LogP contribution in [0, 0.1) is 12.8 Å². The van der Waals surface area contributed by atoms with Gasteiger partial charge in [0, 0.05) is 24.6 Å². The Morgan fingerprint density at radius 3 is 2.45 bits per heavy atom. The van der Waals surface area contributed by atoms with Gasteiger partial charge in [0.2, 0.25) is 5.91 Å². The van der Waals surface area contributed by atoms with Crippen molar-refractivity contribution in [2.24, 2.45) is 5.92 Å². The van der Waals surface area contributed by atoms with Gasteiger partial charge in [-0.3, -0.25) is 9.59 Å². The van der Waals surface area contributed by atoms with E-state index in [4.69, 9.17) is 9.47 Å². The van der Waals surface area contributed by atoms with Crippen molar-refractivity contribution in [3.05, 3.63) is 53.1 Å². The van der Waals surface area contributed by atoms with Gasteiger partial charge in [0.1, 0.15) is 5.75 Å². The number of hydrogen-bond acceptors (Lipinski definition) is 4. The number of amides is 1. The van der Waals surface area contributed by atoms with Gasteiger partial charge in [-0.25, -0.2) is 0 Å². The molecule has 1 saturated carbocycles. The lowest BCUT2D eigenvalue weighted by molar-refractivity contribution is -0.142. The van der Waals surface area contributed by atoms with Crippen LogP contribution < -0.4 is 4.74 Å². The zero-order valence-corrected chi connectivity index (χ0v) is 19.1. The van der Waals surface area contributed by atoms with E-state index in [0.717, 1.165) is 52.8 Å². The van der Waals surface area contributed by atoms with E-state index in [1.807, 2.05) is 30.0 Å². The molecule has 0 aliphatic heterocycles. The molecule has 0 unspecified atom stereocenters. The molecular weight excluding hydrogens is 390 g/mol. The Hall–Kier alpha value is -2.82. The van der Waals surface area contributed by atoms with E-state index in [-0.39, 0.29) is 24.2 Å². The van der Waals surface area contributed by atoms with Crippen LogP contribution >= 0.6 is 0 Å². The van der Waals surface area contributed by atoms with Crippen molar-refractivity contribution in [1.29, 1.82) is 0 Å². The first-order chi connectivity index (χ1) is 15.0. The van der Waals surface area contributed by atoms with Gasteiger partial charge in [-0.2, -0.15) is 0 Å². The van der Waals surface area contributed by atoms with Crippen LogP contribution in [0.1, 0.15) is 49.8 Å². The molecule has 0 N–H and O–H groups in total. The van der Waals surface area contributed by atoms with E-state index in [2.05, 4.69) is 25.1 Å². The highest BCUT2D eigenvalue weighted by Crippen LogP contribution is 2.35. The van der Waals surface area contributed by atoms with Crippen LogP contribution in [0.25, 0.3) is 11.1 Å². The molecule has 1 fully saturated rings. The van der Waals surface area contributed by atoms with Crippen LogP contribution in [0.5, 0.6) is 5.75 Å². The Morgan fingerprint density at radius 2 is 1.84 bits per heavy atom. The van der Waals surface area contributed by atoms with Crippen molar-refractivity contribution >= 4 is 11.9 Å². The third kappa shape index (κ3) is 5.46. The molecule has 0 spiro atoms. The zero-order chi connectivity index (χ0) is 22.4. The molecule has 1 aliphatic rings. The Bertz CT molecular complexity index is 933. The monoisotopic (exact) mass is 423 g/mol. The van der Waals surface area contributed by atoms with Gasteiger partial charge in [-0.1, -0.05) is 36.2 Å². The molecular formula is C26H33NO4. The highest BCUT2D eigenvalue weighted by molar-refractivity contribution is 5.81. The summed E-state index contributed by atoms with van der Waals surface area (Å²) in [5, 5.41) is 0. The number of rotatable bonds is 9. The maximum Gasteiger partial charge on any atom is 0.310 e. The maximum absolute atomic E-state index is 12.9. The van der Waals surface area contributed by atoms with Crippen molar-refractivity contribution in [3.8, 4) is 16.9 Å². The normalized spacial score (nSPS) is 13.4. The number of methoxy groups -OCH3 is 1. The number of ether oxygens (including phenoxy) is 2. The predicted octanol–water partition coefficient (Wildman–Crippen LogP) is 4.92. The average Bonchev–Trinajstić information content (AvgIpc) is 2.71. The van der Waals surface area contributed by atoms with Crippen molar-refractivity contribution < 1.29 is 19.1 Å². The highest BCUT2D eigenvalue weighted by atomic mass is 16.5. The summed E-state index contributed by atoms with van der Waals surface area (Å²) in [6.07, 6.45) is 3.36. The van der Waals surface area contributed by atoms with Gasteiger partial charge in [-0.05, 0) is 62.4 Å². The minimum absolute atomic E-state index is 0.177. The summed E-state index contributed by atoms with van der Waals surface area (Å²) < 4.78 is 10.7. The van der Waals surface area contributed by atoms with E-state index >= 15 is 0 Å². The zero-order valence-electron chi connectivity index (χ0n) is 19.1. The lowest BCUT2D eigenvalue weighted by atomic mass is 9.84. The van der Waals surface area contributed by atoms with E-state index in [9.17, 15) is 9.59 Å². The van der Waals surface area contributed by atoms with Gasteiger partial charge >= 0.3 is 5.97 Å². The SMILES string of the molecule is CCOC(=O)Cc1ccc(OC)c(-c2ccc(C)cc2CN(CC)C(=O)C2CCC2)c1. The topological polar surface area (TPSA) is 55.8 Å². The summed E-state index contributed by atoms with van der Waals surface area (Å²) >= 11 is 0. The smallest absolute Gasteiger partial charge is 0.310 e. The predicted molar refractivity (Wildman–Crippen MR) is 122 cm³/mol. The minimum atomic E-state index is -0.244. The second kappa shape index (κ2) is 10.5. The first kappa shape index (κ1) is 22.9. The molecule has 166 valence electrons. The van der Waals surface area contributed by atoms with Crippen molar-refractivity contribution in [1.82, 2.24) is 4.90 Å². The van der Waals surface area contributed by atoms with Crippen LogP contribution in [0.3, 0.4) is 0 Å². The summed E-state index contributed by atoms with van der Waals surface area (Å²) in [7, 11) is 1.65. The number of esters is 1. The summed E-state index contributed by atoms with van der Waals surface area (Å²) in [6, 6.07) is 12.1. The molecule has 5 nitrogen and oxygen atoms in total. The molecule has 0 aromatic heterocycles. The van der Waals surface area contributed by atoms with Crippen LogP contribution in [0.2, 0.25) is 0 Å². The first-order valence-corrected chi connectivity index (χ1v) is 11.2. The fourth-order valence-electron chi connectivity index (χ4n) is 4.03. The molecule has 2 aromatic carbocycles. The average molecular weight is 424 g/mol. The molecule has 0 bridgehead atoms. The van der Waals surface area contributed by atoms with E-state index in [0.29, 0.717) is 19.7 Å². The molecule has 0 radical (unpaired) electrons. The fourth-order valence-corrected chi connectivity index (χ4v) is 4.03. The van der Waals surface area contributed by atoms with E-state index in [1.165, 1.54) is 0 Å². The lowest BCUT2D eigenvalue weighted by Gasteiger charge is -2.31. The summed E-state index contributed by atoms with van der Waals surface area (Å²) in [5.74, 6) is 0.928. The summed E-state index contributed by atoms with van der Waals surface area (Å²) in [5.41, 5.74) is 5.05. The maximum atomic E-state index is 12.9. The number of aryl methyl sites for hydroxylation is 1. The number of carbonyl (C=O) groups excluding carboxylic acids is 2. The Balaban J connectivity index is 1.96. The van der Waals surface area contributed by atoms with Crippen molar-refractivity contribution in [2.75, 3.05) is 20.3 Å². The van der Waals surface area contributed by atoms with Gasteiger partial charge in [0.05, 0.1) is 20.1 Å². The molecule has 2 aromatic rings. The van der Waals surface area contributed by atoms with Crippen molar-refractivity contribution in [3.63, 3.8) is 0 Å². The number of carbonyl (C=O) groups is 2. The molecule has 0 atom stereocenters. The Labute approximate surface area is 185 Å². The standard InChI is InChI=1S/C26H33NO4/c1-5-27(26(29)20-8-7-9-20)17-21-14-18(3)10-12-22(21)23-15-19(11-13-24(23)30-4)16-25(28)31-6-2/h10-15,20H,5-9,16-17H2,1-4H3. The largest absolute Gasteiger partial charge is 0.496 e. The number of benzene rings is 2. The molecule has 3 rings (SSSR count). The summed E-state index contributed by atoms with van der Waals surface area (Å²) in [6.45, 7) is 7.52. The van der Waals surface area contributed by atoms with Crippen LogP contribution in [-0.4, -0.2) is 37.0 Å². The number of nitrogens with zero attached hydrogens (tertiary/aromatic N) is 1. The quantitative estimate of drug-likeness (QED) is 0.537. The third-order valence-corrected chi connectivity index (χ3v) is 5.98. The number of hydrogen-bond donors (Lipinski definition) is 0. The second-order valence-corrected chi connectivity index (χ2v) is 8.16. The molecule has 1 amide bonds. The second-order valence-electron chi connectivity index (χ2n) is 8.16. The Morgan fingerprint density at radius 1 is 1.06 bits per heavy atom. The van der Waals surface area contributed by atoms with Crippen LogP contribution in [-0.2, 0) is 27.3 Å². The van der Waals surface area contributed by atoms with Gasteiger partial charge < -0.3 is 14.4 Å². The van der Waals surface area contributed by atoms with Crippen LogP contribution in [0.15, 0.2) is 36.4 Å². The van der Waals surface area contributed by atoms with E-state index in [1.54, 1.807) is 14.0 Å².